The fourth-order valence-electron chi connectivity index (χ4n) is 2.16. The zero-order chi connectivity index (χ0) is 13.1. The largest absolute Gasteiger partial charge is 0.366 e. The number of nitrogens with one attached hydrogen (secondary N) is 2. The molecular weight excluding hydrogens is 232 g/mol. The average Bonchev–Trinajstić information content (AvgIpc) is 2.73. The standard InChI is InChI=1S/C12H18N4O2/c1-16-7-8(11(13)17)5-10(16)12(18)15-9-3-2-4-14-6-9/h5,7,9,14H,2-4,6H2,1H3,(H2,13,17)(H,15,18)/t9-/m0/s1. The summed E-state index contributed by atoms with van der Waals surface area (Å²) in [6, 6.07) is 1.67. The highest BCUT2D eigenvalue weighted by Crippen LogP contribution is 2.08. The summed E-state index contributed by atoms with van der Waals surface area (Å²) in [5.41, 5.74) is 5.99. The molecule has 1 aliphatic heterocycles. The Morgan fingerprint density at radius 2 is 2.33 bits per heavy atom. The van der Waals surface area contributed by atoms with Crippen LogP contribution >= 0.6 is 0 Å². The van der Waals surface area contributed by atoms with E-state index in [4.69, 9.17) is 5.73 Å². The summed E-state index contributed by atoms with van der Waals surface area (Å²) in [4.78, 5) is 23.1. The lowest BCUT2D eigenvalue weighted by molar-refractivity contribution is 0.0922. The molecule has 6 nitrogen and oxygen atoms in total. The maximum absolute atomic E-state index is 12.1. The van der Waals surface area contributed by atoms with Gasteiger partial charge in [0.1, 0.15) is 5.69 Å². The van der Waals surface area contributed by atoms with Crippen LogP contribution in [0.2, 0.25) is 0 Å². The SMILES string of the molecule is Cn1cc(C(N)=O)cc1C(=O)N[C@H]1CCCNC1. The molecule has 6 heteroatoms. The Kier molecular flexibility index (Phi) is 3.66. The van der Waals surface area contributed by atoms with Crippen molar-refractivity contribution in [1.82, 2.24) is 15.2 Å². The Morgan fingerprint density at radius 3 is 2.89 bits per heavy atom. The van der Waals surface area contributed by atoms with Crippen LogP contribution in [-0.2, 0) is 7.05 Å². The Morgan fingerprint density at radius 1 is 1.56 bits per heavy atom. The molecule has 4 N–H and O–H groups in total. The molecule has 1 fully saturated rings. The van der Waals surface area contributed by atoms with Gasteiger partial charge in [0.15, 0.2) is 0 Å². The van der Waals surface area contributed by atoms with Gasteiger partial charge in [0, 0.05) is 25.8 Å². The molecule has 1 atom stereocenters. The molecule has 1 saturated heterocycles. The van der Waals surface area contributed by atoms with Crippen LogP contribution in [0, 0.1) is 0 Å². The first kappa shape index (κ1) is 12.6. The molecule has 2 heterocycles. The van der Waals surface area contributed by atoms with Crippen molar-refractivity contribution in [3.8, 4) is 0 Å². The van der Waals surface area contributed by atoms with Crippen molar-refractivity contribution >= 4 is 11.8 Å². The van der Waals surface area contributed by atoms with E-state index in [1.165, 1.54) is 6.07 Å². The summed E-state index contributed by atoms with van der Waals surface area (Å²) >= 11 is 0. The predicted molar refractivity (Wildman–Crippen MR) is 67.3 cm³/mol. The predicted octanol–water partition coefficient (Wildman–Crippen LogP) is -0.394. The van der Waals surface area contributed by atoms with Crippen LogP contribution in [0.3, 0.4) is 0 Å². The number of nitrogens with two attached hydrogens (primary N) is 1. The molecule has 2 rings (SSSR count). The van der Waals surface area contributed by atoms with Crippen molar-refractivity contribution in [2.75, 3.05) is 13.1 Å². The smallest absolute Gasteiger partial charge is 0.268 e. The highest BCUT2D eigenvalue weighted by molar-refractivity contribution is 5.98. The normalized spacial score (nSPS) is 19.5. The Bertz CT molecular complexity index is 461. The lowest BCUT2D eigenvalue weighted by Crippen LogP contribution is -2.45. The van der Waals surface area contributed by atoms with E-state index < -0.39 is 5.91 Å². The molecular formula is C12H18N4O2. The first-order valence-corrected chi connectivity index (χ1v) is 6.05. The third-order valence-corrected chi connectivity index (χ3v) is 3.15. The Balaban J connectivity index is 2.06. The van der Waals surface area contributed by atoms with Crippen LogP contribution in [0.15, 0.2) is 12.3 Å². The van der Waals surface area contributed by atoms with Gasteiger partial charge in [0.05, 0.1) is 5.56 Å². The van der Waals surface area contributed by atoms with E-state index >= 15 is 0 Å². The van der Waals surface area contributed by atoms with E-state index in [-0.39, 0.29) is 11.9 Å². The molecule has 0 aromatic carbocycles. The maximum Gasteiger partial charge on any atom is 0.268 e. The molecule has 0 radical (unpaired) electrons. The number of piperidine rings is 1. The highest BCUT2D eigenvalue weighted by Gasteiger charge is 2.19. The minimum Gasteiger partial charge on any atom is -0.366 e. The molecule has 1 aromatic heterocycles. The second-order valence-corrected chi connectivity index (χ2v) is 4.61. The summed E-state index contributed by atoms with van der Waals surface area (Å²) in [6.45, 7) is 1.79. The zero-order valence-electron chi connectivity index (χ0n) is 10.4. The van der Waals surface area contributed by atoms with E-state index in [1.807, 2.05) is 0 Å². The fourth-order valence-corrected chi connectivity index (χ4v) is 2.16. The number of hydrogen-bond acceptors (Lipinski definition) is 3. The van der Waals surface area contributed by atoms with Crippen molar-refractivity contribution in [2.24, 2.45) is 12.8 Å². The van der Waals surface area contributed by atoms with Gasteiger partial charge in [-0.3, -0.25) is 9.59 Å². The van der Waals surface area contributed by atoms with Crippen LogP contribution < -0.4 is 16.4 Å². The molecule has 2 amide bonds. The number of carbonyl (C=O) groups is 2. The highest BCUT2D eigenvalue weighted by atomic mass is 16.2. The summed E-state index contributed by atoms with van der Waals surface area (Å²) < 4.78 is 1.62. The van der Waals surface area contributed by atoms with Gasteiger partial charge in [-0.05, 0) is 25.5 Å². The topological polar surface area (TPSA) is 89.2 Å². The van der Waals surface area contributed by atoms with E-state index in [9.17, 15) is 9.59 Å². The van der Waals surface area contributed by atoms with Crippen molar-refractivity contribution in [3.05, 3.63) is 23.5 Å². The molecule has 18 heavy (non-hydrogen) atoms. The van der Waals surface area contributed by atoms with Crippen LogP contribution in [0.4, 0.5) is 0 Å². The lowest BCUT2D eigenvalue weighted by atomic mass is 10.1. The number of nitrogens with zero attached hydrogens (tertiary/aromatic N) is 1. The molecule has 1 aliphatic rings. The monoisotopic (exact) mass is 250 g/mol. The lowest BCUT2D eigenvalue weighted by Gasteiger charge is -2.23. The third-order valence-electron chi connectivity index (χ3n) is 3.15. The first-order chi connectivity index (χ1) is 8.58. The zero-order valence-corrected chi connectivity index (χ0v) is 10.4. The van der Waals surface area contributed by atoms with Crippen LogP contribution in [-0.4, -0.2) is 35.5 Å². The van der Waals surface area contributed by atoms with Gasteiger partial charge in [-0.1, -0.05) is 0 Å². The molecule has 0 unspecified atom stereocenters. The summed E-state index contributed by atoms with van der Waals surface area (Å²) in [7, 11) is 1.72. The van der Waals surface area contributed by atoms with Gasteiger partial charge in [-0.25, -0.2) is 0 Å². The summed E-state index contributed by atoms with van der Waals surface area (Å²) in [5.74, 6) is -0.692. The van der Waals surface area contributed by atoms with Crippen molar-refractivity contribution in [1.29, 1.82) is 0 Å². The maximum atomic E-state index is 12.1. The number of hydrogen-bond donors (Lipinski definition) is 3. The molecule has 98 valence electrons. The van der Waals surface area contributed by atoms with E-state index in [2.05, 4.69) is 10.6 Å². The number of rotatable bonds is 3. The van der Waals surface area contributed by atoms with Gasteiger partial charge in [0.25, 0.3) is 5.91 Å². The molecule has 1 aromatic rings. The molecule has 0 spiro atoms. The van der Waals surface area contributed by atoms with Crippen molar-refractivity contribution in [3.63, 3.8) is 0 Å². The molecule has 0 aliphatic carbocycles. The molecule has 0 bridgehead atoms. The van der Waals surface area contributed by atoms with Crippen LogP contribution in [0.1, 0.15) is 33.7 Å². The number of amides is 2. The summed E-state index contributed by atoms with van der Waals surface area (Å²) in [5, 5.41) is 6.19. The van der Waals surface area contributed by atoms with Gasteiger partial charge < -0.3 is 20.9 Å². The number of aryl methyl sites for hydroxylation is 1. The van der Waals surface area contributed by atoms with E-state index in [1.54, 1.807) is 17.8 Å². The second-order valence-electron chi connectivity index (χ2n) is 4.61. The van der Waals surface area contributed by atoms with Crippen LogP contribution in [0.25, 0.3) is 0 Å². The van der Waals surface area contributed by atoms with E-state index in [0.717, 1.165) is 25.9 Å². The number of carbonyl (C=O) groups excluding carboxylic acids is 2. The summed E-state index contributed by atoms with van der Waals surface area (Å²) in [6.07, 6.45) is 3.60. The first-order valence-electron chi connectivity index (χ1n) is 6.05. The van der Waals surface area contributed by atoms with Gasteiger partial charge in [-0.15, -0.1) is 0 Å². The minimum absolute atomic E-state index is 0.151. The van der Waals surface area contributed by atoms with E-state index in [0.29, 0.717) is 11.3 Å². The third kappa shape index (κ3) is 2.70. The van der Waals surface area contributed by atoms with Gasteiger partial charge in [-0.2, -0.15) is 0 Å². The number of primary amides is 1. The number of aromatic nitrogens is 1. The van der Waals surface area contributed by atoms with Crippen LogP contribution in [0.5, 0.6) is 0 Å². The average molecular weight is 250 g/mol. The Labute approximate surface area is 106 Å². The second kappa shape index (κ2) is 5.22. The van der Waals surface area contributed by atoms with Gasteiger partial charge >= 0.3 is 0 Å². The quantitative estimate of drug-likeness (QED) is 0.682. The fraction of sp³-hybridized carbons (Fsp3) is 0.500. The van der Waals surface area contributed by atoms with Crippen molar-refractivity contribution in [2.45, 2.75) is 18.9 Å². The minimum atomic E-state index is -0.524. The molecule has 0 saturated carbocycles. The van der Waals surface area contributed by atoms with Crippen molar-refractivity contribution < 1.29 is 9.59 Å². The van der Waals surface area contributed by atoms with Gasteiger partial charge in [0.2, 0.25) is 5.91 Å². The Hall–Kier alpha value is -1.82.